The number of benzene rings is 1. The van der Waals surface area contributed by atoms with Crippen molar-refractivity contribution in [3.8, 4) is 40.0 Å². The van der Waals surface area contributed by atoms with Gasteiger partial charge in [-0.3, -0.25) is 4.79 Å². The molecule has 0 spiro atoms. The molecule has 0 fully saturated rings. The lowest BCUT2D eigenvalue weighted by molar-refractivity contribution is 0.429. The Labute approximate surface area is 148 Å². The number of aryl methyl sites for hydroxylation is 2. The molecule has 0 bridgehead atoms. The van der Waals surface area contributed by atoms with Gasteiger partial charge in [-0.25, -0.2) is 9.97 Å². The van der Waals surface area contributed by atoms with Crippen molar-refractivity contribution in [3.63, 3.8) is 0 Å². The van der Waals surface area contributed by atoms with Crippen LogP contribution >= 0.6 is 0 Å². The van der Waals surface area contributed by atoms with Crippen molar-refractivity contribution in [3.05, 3.63) is 64.4 Å². The molecule has 0 saturated heterocycles. The predicted octanol–water partition coefficient (Wildman–Crippen LogP) is 3.41. The number of hydrogen-bond acceptors (Lipinski definition) is 5. The number of aromatic hydroxyl groups is 1. The Hall–Kier alpha value is -3.61. The average molecular weight is 348 g/mol. The Kier molecular flexibility index (Phi) is 3.69. The first kappa shape index (κ1) is 15.9. The second-order valence-electron chi connectivity index (χ2n) is 5.95. The lowest BCUT2D eigenvalue weighted by atomic mass is 10.1. The lowest BCUT2D eigenvalue weighted by Gasteiger charge is -2.05. The van der Waals surface area contributed by atoms with Crippen LogP contribution in [0.4, 0.5) is 0 Å². The molecule has 0 atom stereocenters. The molecule has 0 unspecified atom stereocenters. The molecule has 7 nitrogen and oxygen atoms in total. The van der Waals surface area contributed by atoms with Crippen LogP contribution in [0.15, 0.2) is 51.9 Å². The quantitative estimate of drug-likeness (QED) is 0.526. The summed E-state index contributed by atoms with van der Waals surface area (Å²) in [6.07, 6.45) is 1.58. The molecule has 3 N–H and O–H groups in total. The number of aromatic nitrogens is 4. The maximum Gasteiger partial charge on any atom is 0.227 e. The van der Waals surface area contributed by atoms with Crippen molar-refractivity contribution in [2.45, 2.75) is 13.8 Å². The Morgan fingerprint density at radius 1 is 1.12 bits per heavy atom. The first-order valence-electron chi connectivity index (χ1n) is 8.04. The van der Waals surface area contributed by atoms with Gasteiger partial charge in [0.2, 0.25) is 11.2 Å². The van der Waals surface area contributed by atoms with E-state index in [9.17, 15) is 9.90 Å². The molecule has 0 aliphatic heterocycles. The summed E-state index contributed by atoms with van der Waals surface area (Å²) >= 11 is 0. The van der Waals surface area contributed by atoms with E-state index >= 15 is 0 Å². The third-order valence-electron chi connectivity index (χ3n) is 4.08. The molecule has 4 rings (SSSR count). The molecular weight excluding hydrogens is 332 g/mol. The van der Waals surface area contributed by atoms with Crippen LogP contribution in [0.2, 0.25) is 0 Å². The van der Waals surface area contributed by atoms with Crippen LogP contribution in [0.25, 0.3) is 34.2 Å². The van der Waals surface area contributed by atoms with E-state index in [1.54, 1.807) is 13.3 Å². The zero-order valence-corrected chi connectivity index (χ0v) is 14.2. The first-order chi connectivity index (χ1) is 12.5. The number of nitrogens with one attached hydrogen (secondary N) is 2. The molecule has 0 aliphatic rings. The molecule has 26 heavy (non-hydrogen) atoms. The van der Waals surface area contributed by atoms with E-state index in [0.29, 0.717) is 28.7 Å². The Morgan fingerprint density at radius 3 is 2.58 bits per heavy atom. The van der Waals surface area contributed by atoms with Gasteiger partial charge < -0.3 is 19.5 Å². The minimum Gasteiger partial charge on any atom is -0.501 e. The maximum absolute atomic E-state index is 12.0. The summed E-state index contributed by atoms with van der Waals surface area (Å²) in [5.74, 6) is 0.512. The van der Waals surface area contributed by atoms with Crippen LogP contribution in [-0.2, 0) is 0 Å². The highest BCUT2D eigenvalue weighted by molar-refractivity contribution is 5.80. The fraction of sp³-hybridized carbons (Fsp3) is 0.105. The summed E-state index contributed by atoms with van der Waals surface area (Å²) in [5.41, 5.74) is 2.80. The summed E-state index contributed by atoms with van der Waals surface area (Å²) in [6, 6.07) is 10.7. The fourth-order valence-electron chi connectivity index (χ4n) is 2.83. The number of hydrogen-bond donors (Lipinski definition) is 3. The van der Waals surface area contributed by atoms with Crippen molar-refractivity contribution in [1.82, 2.24) is 19.9 Å². The second kappa shape index (κ2) is 6.03. The van der Waals surface area contributed by atoms with E-state index < -0.39 is 11.2 Å². The fourth-order valence-corrected chi connectivity index (χ4v) is 2.83. The van der Waals surface area contributed by atoms with Crippen molar-refractivity contribution in [2.75, 3.05) is 0 Å². The van der Waals surface area contributed by atoms with Crippen molar-refractivity contribution < 1.29 is 9.52 Å². The smallest absolute Gasteiger partial charge is 0.227 e. The average Bonchev–Trinajstić information content (AvgIpc) is 3.25. The molecule has 0 saturated carbocycles. The summed E-state index contributed by atoms with van der Waals surface area (Å²) in [7, 11) is 0. The summed E-state index contributed by atoms with van der Waals surface area (Å²) in [5, 5.41) is 10.3. The SMILES string of the molecule is Cc1cc(=O)c(O)c(-c2[nH]c(-c3nc[nH]c3C)nc2-c2ccccc2)o1. The van der Waals surface area contributed by atoms with Gasteiger partial charge in [-0.2, -0.15) is 0 Å². The van der Waals surface area contributed by atoms with Crippen LogP contribution in [0.5, 0.6) is 5.75 Å². The topological polar surface area (TPSA) is 108 Å². The minimum atomic E-state index is -0.505. The minimum absolute atomic E-state index is 0.0563. The van der Waals surface area contributed by atoms with E-state index in [2.05, 4.69) is 19.9 Å². The van der Waals surface area contributed by atoms with Crippen LogP contribution in [0.1, 0.15) is 11.5 Å². The largest absolute Gasteiger partial charge is 0.501 e. The molecule has 3 heterocycles. The Morgan fingerprint density at radius 2 is 1.88 bits per heavy atom. The van der Waals surface area contributed by atoms with E-state index in [0.717, 1.165) is 11.3 Å². The van der Waals surface area contributed by atoms with Crippen LogP contribution < -0.4 is 5.43 Å². The number of H-pyrrole nitrogens is 2. The molecule has 4 aromatic rings. The van der Waals surface area contributed by atoms with Gasteiger partial charge in [-0.1, -0.05) is 30.3 Å². The molecule has 3 aromatic heterocycles. The van der Waals surface area contributed by atoms with Crippen molar-refractivity contribution in [2.24, 2.45) is 0 Å². The molecule has 130 valence electrons. The summed E-state index contributed by atoms with van der Waals surface area (Å²) in [6.45, 7) is 3.54. The van der Waals surface area contributed by atoms with Crippen LogP contribution in [0, 0.1) is 13.8 Å². The van der Waals surface area contributed by atoms with E-state index in [1.807, 2.05) is 37.3 Å². The van der Waals surface area contributed by atoms with E-state index in [-0.39, 0.29) is 5.76 Å². The summed E-state index contributed by atoms with van der Waals surface area (Å²) < 4.78 is 5.65. The van der Waals surface area contributed by atoms with Crippen molar-refractivity contribution >= 4 is 0 Å². The van der Waals surface area contributed by atoms with E-state index in [1.165, 1.54) is 6.07 Å². The zero-order valence-electron chi connectivity index (χ0n) is 14.2. The molecule has 1 aromatic carbocycles. The molecule has 7 heteroatoms. The third-order valence-corrected chi connectivity index (χ3v) is 4.08. The number of nitrogens with zero attached hydrogens (tertiary/aromatic N) is 2. The van der Waals surface area contributed by atoms with Crippen LogP contribution in [-0.4, -0.2) is 25.0 Å². The molecule has 0 radical (unpaired) electrons. The number of imidazole rings is 2. The number of aromatic amines is 2. The molecular formula is C19H16N4O3. The lowest BCUT2D eigenvalue weighted by Crippen LogP contribution is -2.01. The Bertz CT molecular complexity index is 1140. The summed E-state index contributed by atoms with van der Waals surface area (Å²) in [4.78, 5) is 27.1. The van der Waals surface area contributed by atoms with Gasteiger partial charge in [0, 0.05) is 17.3 Å². The maximum atomic E-state index is 12.0. The highest BCUT2D eigenvalue weighted by Crippen LogP contribution is 2.36. The van der Waals surface area contributed by atoms with Gasteiger partial charge in [-0.15, -0.1) is 0 Å². The van der Waals surface area contributed by atoms with Gasteiger partial charge in [0.15, 0.2) is 11.6 Å². The second-order valence-corrected chi connectivity index (χ2v) is 5.95. The van der Waals surface area contributed by atoms with Gasteiger partial charge >= 0.3 is 0 Å². The number of rotatable bonds is 3. The highest BCUT2D eigenvalue weighted by atomic mass is 16.4. The van der Waals surface area contributed by atoms with Crippen LogP contribution in [0.3, 0.4) is 0 Å². The highest BCUT2D eigenvalue weighted by Gasteiger charge is 2.22. The third kappa shape index (κ3) is 2.59. The standard InChI is InChI=1S/C19H16N4O3/c1-10-8-13(24)17(25)18(26-10)16-15(12-6-4-3-5-7-12)22-19(23-16)14-11(2)20-9-21-14/h3-9,25H,1-2H3,(H,20,21)(H,22,23). The van der Waals surface area contributed by atoms with Gasteiger partial charge in [0.05, 0.1) is 6.33 Å². The van der Waals surface area contributed by atoms with Gasteiger partial charge in [0.25, 0.3) is 0 Å². The van der Waals surface area contributed by atoms with Crippen molar-refractivity contribution in [1.29, 1.82) is 0 Å². The Balaban J connectivity index is 2.01. The zero-order chi connectivity index (χ0) is 18.3. The normalized spacial score (nSPS) is 11.0. The van der Waals surface area contributed by atoms with E-state index in [4.69, 9.17) is 4.42 Å². The molecule has 0 amide bonds. The predicted molar refractivity (Wildman–Crippen MR) is 96.7 cm³/mol. The van der Waals surface area contributed by atoms with Gasteiger partial charge in [-0.05, 0) is 13.8 Å². The molecule has 0 aliphatic carbocycles. The first-order valence-corrected chi connectivity index (χ1v) is 8.04. The van der Waals surface area contributed by atoms with Gasteiger partial charge in [0.1, 0.15) is 22.8 Å². The monoisotopic (exact) mass is 348 g/mol.